The van der Waals surface area contributed by atoms with Crippen molar-refractivity contribution < 1.29 is 9.53 Å². The van der Waals surface area contributed by atoms with E-state index in [1.54, 1.807) is 0 Å². The Morgan fingerprint density at radius 3 is 2.80 bits per heavy atom. The monoisotopic (exact) mass is 278 g/mol. The molecule has 1 unspecified atom stereocenters. The van der Waals surface area contributed by atoms with Crippen LogP contribution in [-0.4, -0.2) is 47.1 Å². The molecule has 4 heteroatoms. The zero-order valence-electron chi connectivity index (χ0n) is 13.0. The van der Waals surface area contributed by atoms with Crippen LogP contribution in [0.4, 0.5) is 0 Å². The van der Waals surface area contributed by atoms with Gasteiger partial charge in [0.25, 0.3) is 0 Å². The lowest BCUT2D eigenvalue weighted by Gasteiger charge is -2.35. The molecule has 1 aliphatic rings. The molecule has 1 aliphatic heterocycles. The van der Waals surface area contributed by atoms with Gasteiger partial charge in [-0.2, -0.15) is 0 Å². The molecule has 0 aliphatic carbocycles. The normalized spacial score (nSPS) is 20.8. The van der Waals surface area contributed by atoms with Crippen LogP contribution in [0.15, 0.2) is 18.5 Å². The number of rotatable bonds is 5. The Bertz CT molecular complexity index is 451. The molecule has 0 aromatic carbocycles. The molecule has 0 bridgehead atoms. The third-order valence-electron chi connectivity index (χ3n) is 3.87. The Kier molecular flexibility index (Phi) is 5.00. The van der Waals surface area contributed by atoms with Crippen LogP contribution < -0.4 is 0 Å². The summed E-state index contributed by atoms with van der Waals surface area (Å²) in [5.74, 6) is 0.255. The molecule has 0 radical (unpaired) electrons. The number of carbonyl (C=O) groups excluding carboxylic acids is 1. The van der Waals surface area contributed by atoms with E-state index in [2.05, 4.69) is 23.3 Å². The van der Waals surface area contributed by atoms with Gasteiger partial charge in [-0.05, 0) is 19.9 Å². The standard InChI is InChI=1S/C16H26N2O2/c1-12(2)16(19)14-5-6-17(9-14)10-15-11-18(13(3)4)7-8-20-15/h5-6,9,12-13,15H,7-8,10-11H2,1-4H3. The Hall–Kier alpha value is -1.13. The molecule has 0 spiro atoms. The van der Waals surface area contributed by atoms with Gasteiger partial charge in [-0.15, -0.1) is 0 Å². The SMILES string of the molecule is CC(C)C(=O)c1ccn(CC2CN(C(C)C)CCO2)c1. The fourth-order valence-corrected chi connectivity index (χ4v) is 2.59. The summed E-state index contributed by atoms with van der Waals surface area (Å²) in [6.45, 7) is 11.9. The Morgan fingerprint density at radius 1 is 1.40 bits per heavy atom. The molecule has 2 rings (SSSR count). The number of morpholine rings is 1. The van der Waals surface area contributed by atoms with E-state index in [0.29, 0.717) is 6.04 Å². The summed E-state index contributed by atoms with van der Waals surface area (Å²) < 4.78 is 7.91. The average Bonchev–Trinajstić information content (AvgIpc) is 2.86. The molecule has 112 valence electrons. The maximum Gasteiger partial charge on any atom is 0.166 e. The van der Waals surface area contributed by atoms with E-state index in [9.17, 15) is 4.79 Å². The highest BCUT2D eigenvalue weighted by Crippen LogP contribution is 2.13. The summed E-state index contributed by atoms with van der Waals surface area (Å²) in [7, 11) is 0. The number of carbonyl (C=O) groups is 1. The van der Waals surface area contributed by atoms with Gasteiger partial charge in [0, 0.05) is 49.6 Å². The highest BCUT2D eigenvalue weighted by Gasteiger charge is 2.22. The van der Waals surface area contributed by atoms with Crippen LogP contribution in [0.5, 0.6) is 0 Å². The maximum atomic E-state index is 11.9. The van der Waals surface area contributed by atoms with Gasteiger partial charge < -0.3 is 9.30 Å². The first-order chi connectivity index (χ1) is 9.47. The molecule has 2 heterocycles. The third-order valence-corrected chi connectivity index (χ3v) is 3.87. The Labute approximate surface area is 121 Å². The first kappa shape index (κ1) is 15.3. The topological polar surface area (TPSA) is 34.5 Å². The first-order valence-electron chi connectivity index (χ1n) is 7.53. The molecule has 0 N–H and O–H groups in total. The zero-order valence-corrected chi connectivity index (χ0v) is 13.0. The lowest BCUT2D eigenvalue weighted by atomic mass is 10.0. The first-order valence-corrected chi connectivity index (χ1v) is 7.53. The van der Waals surface area contributed by atoms with Crippen molar-refractivity contribution in [3.63, 3.8) is 0 Å². The average molecular weight is 278 g/mol. The predicted octanol–water partition coefficient (Wildman–Crippen LogP) is 2.44. The number of Topliss-reactive ketones (excluding diaryl/α,β-unsaturated/α-hetero) is 1. The van der Waals surface area contributed by atoms with E-state index < -0.39 is 0 Å². The van der Waals surface area contributed by atoms with Crippen LogP contribution in [-0.2, 0) is 11.3 Å². The molecule has 1 aromatic rings. The van der Waals surface area contributed by atoms with Crippen LogP contribution in [0.1, 0.15) is 38.1 Å². The van der Waals surface area contributed by atoms with Crippen LogP contribution in [0.25, 0.3) is 0 Å². The van der Waals surface area contributed by atoms with Crippen molar-refractivity contribution in [1.29, 1.82) is 0 Å². The van der Waals surface area contributed by atoms with Crippen molar-refractivity contribution in [3.8, 4) is 0 Å². The maximum absolute atomic E-state index is 11.9. The fraction of sp³-hybridized carbons (Fsp3) is 0.688. The number of ketones is 1. The fourth-order valence-electron chi connectivity index (χ4n) is 2.59. The minimum absolute atomic E-state index is 0.0493. The van der Waals surface area contributed by atoms with Gasteiger partial charge in [-0.1, -0.05) is 13.8 Å². The van der Waals surface area contributed by atoms with Gasteiger partial charge >= 0.3 is 0 Å². The van der Waals surface area contributed by atoms with E-state index >= 15 is 0 Å². The van der Waals surface area contributed by atoms with Crippen molar-refractivity contribution in [3.05, 3.63) is 24.0 Å². The lowest BCUT2D eigenvalue weighted by Crippen LogP contribution is -2.47. The molecule has 1 atom stereocenters. The highest BCUT2D eigenvalue weighted by atomic mass is 16.5. The van der Waals surface area contributed by atoms with Crippen molar-refractivity contribution >= 4 is 5.78 Å². The largest absolute Gasteiger partial charge is 0.374 e. The molecule has 1 fully saturated rings. The van der Waals surface area contributed by atoms with E-state index in [-0.39, 0.29) is 17.8 Å². The molecule has 1 saturated heterocycles. The van der Waals surface area contributed by atoms with E-state index in [4.69, 9.17) is 4.74 Å². The number of hydrogen-bond acceptors (Lipinski definition) is 3. The van der Waals surface area contributed by atoms with E-state index in [0.717, 1.165) is 31.8 Å². The summed E-state index contributed by atoms with van der Waals surface area (Å²) in [6, 6.07) is 2.47. The van der Waals surface area contributed by atoms with Crippen molar-refractivity contribution in [1.82, 2.24) is 9.47 Å². The molecular weight excluding hydrogens is 252 g/mol. The number of aromatic nitrogens is 1. The smallest absolute Gasteiger partial charge is 0.166 e. The van der Waals surface area contributed by atoms with Crippen molar-refractivity contribution in [2.24, 2.45) is 5.92 Å². The quantitative estimate of drug-likeness (QED) is 0.776. The lowest BCUT2D eigenvalue weighted by molar-refractivity contribution is -0.0455. The zero-order chi connectivity index (χ0) is 14.7. The van der Waals surface area contributed by atoms with E-state index in [1.165, 1.54) is 0 Å². The third kappa shape index (κ3) is 3.70. The van der Waals surface area contributed by atoms with Gasteiger partial charge in [0.2, 0.25) is 0 Å². The number of nitrogens with zero attached hydrogens (tertiary/aromatic N) is 2. The number of hydrogen-bond donors (Lipinski definition) is 0. The van der Waals surface area contributed by atoms with Gasteiger partial charge in [0.15, 0.2) is 5.78 Å². The molecule has 20 heavy (non-hydrogen) atoms. The number of ether oxygens (including phenoxy) is 1. The Morgan fingerprint density at radius 2 is 2.15 bits per heavy atom. The minimum Gasteiger partial charge on any atom is -0.374 e. The van der Waals surface area contributed by atoms with Crippen LogP contribution in [0.2, 0.25) is 0 Å². The predicted molar refractivity (Wildman–Crippen MR) is 80.0 cm³/mol. The van der Waals surface area contributed by atoms with Gasteiger partial charge in [-0.3, -0.25) is 9.69 Å². The minimum atomic E-state index is 0.0493. The van der Waals surface area contributed by atoms with Gasteiger partial charge in [-0.25, -0.2) is 0 Å². The summed E-state index contributed by atoms with van der Waals surface area (Å²) in [5.41, 5.74) is 0.802. The van der Waals surface area contributed by atoms with Crippen LogP contribution in [0.3, 0.4) is 0 Å². The second kappa shape index (κ2) is 6.55. The summed E-state index contributed by atoms with van der Waals surface area (Å²) in [4.78, 5) is 14.4. The molecule has 0 amide bonds. The van der Waals surface area contributed by atoms with Crippen molar-refractivity contribution in [2.75, 3.05) is 19.7 Å². The summed E-state index contributed by atoms with van der Waals surface area (Å²) in [6.07, 6.45) is 4.13. The highest BCUT2D eigenvalue weighted by molar-refractivity contribution is 5.97. The van der Waals surface area contributed by atoms with Gasteiger partial charge in [0.1, 0.15) is 0 Å². The van der Waals surface area contributed by atoms with Crippen molar-refractivity contribution in [2.45, 2.75) is 46.4 Å². The second-order valence-electron chi connectivity index (χ2n) is 6.20. The summed E-state index contributed by atoms with van der Waals surface area (Å²) in [5, 5.41) is 0. The van der Waals surface area contributed by atoms with Gasteiger partial charge in [0.05, 0.1) is 12.7 Å². The van der Waals surface area contributed by atoms with Crippen LogP contribution >= 0.6 is 0 Å². The molecule has 1 aromatic heterocycles. The second-order valence-corrected chi connectivity index (χ2v) is 6.20. The molecule has 0 saturated carbocycles. The van der Waals surface area contributed by atoms with Crippen LogP contribution in [0, 0.1) is 5.92 Å². The van der Waals surface area contributed by atoms with E-state index in [1.807, 2.05) is 32.3 Å². The molecule has 4 nitrogen and oxygen atoms in total. The Balaban J connectivity index is 1.95. The molecular formula is C16H26N2O2. The summed E-state index contributed by atoms with van der Waals surface area (Å²) >= 11 is 0.